The molecule has 2 atom stereocenters. The second-order valence-electron chi connectivity index (χ2n) is 7.53. The van der Waals surface area contributed by atoms with E-state index >= 15 is 0 Å². The molecule has 0 spiro atoms. The van der Waals surface area contributed by atoms with Crippen LogP contribution in [0.2, 0.25) is 5.02 Å². The van der Waals surface area contributed by atoms with Crippen molar-refractivity contribution < 1.29 is 22.7 Å². The zero-order valence-corrected chi connectivity index (χ0v) is 18.9. The molecule has 1 amide bonds. The molecule has 1 saturated heterocycles. The molecule has 31 heavy (non-hydrogen) atoms. The number of carbonyl (C=O) groups excluding carboxylic acids is 2. The normalized spacial score (nSPS) is 18.9. The number of amides is 1. The summed E-state index contributed by atoms with van der Waals surface area (Å²) < 4.78 is 28.9. The molecule has 8 heteroatoms. The van der Waals surface area contributed by atoms with Gasteiger partial charge in [-0.05, 0) is 42.7 Å². The molecular formula is C23H24ClNO5S. The van der Waals surface area contributed by atoms with Crippen LogP contribution in [0, 0.1) is 0 Å². The predicted molar refractivity (Wildman–Crippen MR) is 121 cm³/mol. The van der Waals surface area contributed by atoms with Crippen molar-refractivity contribution in [2.24, 2.45) is 0 Å². The van der Waals surface area contributed by atoms with Gasteiger partial charge in [-0.15, -0.1) is 0 Å². The lowest BCUT2D eigenvalue weighted by molar-refractivity contribution is -0.154. The van der Waals surface area contributed by atoms with E-state index in [1.165, 1.54) is 18.9 Å². The van der Waals surface area contributed by atoms with Gasteiger partial charge in [0.15, 0.2) is 15.9 Å². The fourth-order valence-electron chi connectivity index (χ4n) is 3.43. The van der Waals surface area contributed by atoms with Crippen molar-refractivity contribution >= 4 is 45.0 Å². The van der Waals surface area contributed by atoms with Crippen molar-refractivity contribution in [1.82, 2.24) is 4.90 Å². The average Bonchev–Trinajstić information content (AvgIpc) is 3.12. The average molecular weight is 462 g/mol. The van der Waals surface area contributed by atoms with E-state index in [1.807, 2.05) is 30.3 Å². The maximum atomic E-state index is 13.0. The van der Waals surface area contributed by atoms with Gasteiger partial charge in [0.1, 0.15) is 0 Å². The number of nitrogens with zero attached hydrogens (tertiary/aromatic N) is 1. The Bertz CT molecular complexity index is 1080. The van der Waals surface area contributed by atoms with Gasteiger partial charge >= 0.3 is 5.97 Å². The van der Waals surface area contributed by atoms with Crippen molar-refractivity contribution in [2.75, 3.05) is 18.6 Å². The van der Waals surface area contributed by atoms with Crippen molar-refractivity contribution in [3.05, 3.63) is 70.7 Å². The van der Waals surface area contributed by atoms with Crippen LogP contribution in [0.25, 0.3) is 11.6 Å². The van der Waals surface area contributed by atoms with Crippen LogP contribution in [0.1, 0.15) is 24.5 Å². The van der Waals surface area contributed by atoms with Gasteiger partial charge in [-0.1, -0.05) is 54.1 Å². The monoisotopic (exact) mass is 461 g/mol. The number of ether oxygens (including phenoxy) is 1. The van der Waals surface area contributed by atoms with Crippen molar-refractivity contribution in [3.8, 4) is 0 Å². The highest BCUT2D eigenvalue weighted by molar-refractivity contribution is 7.91. The Kier molecular flexibility index (Phi) is 7.18. The van der Waals surface area contributed by atoms with Gasteiger partial charge in [0, 0.05) is 18.1 Å². The molecule has 0 aromatic heterocycles. The highest BCUT2D eigenvalue weighted by atomic mass is 35.5. The van der Waals surface area contributed by atoms with E-state index in [-0.39, 0.29) is 17.1 Å². The first-order valence-corrected chi connectivity index (χ1v) is 12.1. The van der Waals surface area contributed by atoms with Gasteiger partial charge in [0.25, 0.3) is 5.91 Å². The standard InChI is InChI=1S/C23H24ClNO5S/c1-16(22(26)25(2)20-12-13-31(28,29)15-20)30-23(27)21(14-17-6-4-3-5-7-17)18-8-10-19(24)11-9-18/h3-11,14,16,20H,12-13,15H2,1-2H3/b21-14-/t16-,20-/m0/s1. The third kappa shape index (κ3) is 5.95. The van der Waals surface area contributed by atoms with Crippen molar-refractivity contribution in [1.29, 1.82) is 0 Å². The van der Waals surface area contributed by atoms with Gasteiger partial charge < -0.3 is 9.64 Å². The fourth-order valence-corrected chi connectivity index (χ4v) is 5.33. The second-order valence-corrected chi connectivity index (χ2v) is 10.2. The summed E-state index contributed by atoms with van der Waals surface area (Å²) in [5.41, 5.74) is 1.69. The summed E-state index contributed by atoms with van der Waals surface area (Å²) in [5.74, 6) is -1.10. The minimum Gasteiger partial charge on any atom is -0.449 e. The lowest BCUT2D eigenvalue weighted by atomic mass is 10.0. The van der Waals surface area contributed by atoms with Crippen molar-refractivity contribution in [3.63, 3.8) is 0 Å². The number of benzene rings is 2. The molecule has 164 valence electrons. The molecule has 0 saturated carbocycles. The summed E-state index contributed by atoms with van der Waals surface area (Å²) >= 11 is 5.97. The zero-order chi connectivity index (χ0) is 22.6. The number of likely N-dealkylation sites (N-methyl/N-ethyl adjacent to an activating group) is 1. The number of halogens is 1. The molecule has 1 aliphatic rings. The van der Waals surface area contributed by atoms with Crippen molar-refractivity contribution in [2.45, 2.75) is 25.5 Å². The zero-order valence-electron chi connectivity index (χ0n) is 17.3. The highest BCUT2D eigenvalue weighted by Crippen LogP contribution is 2.23. The van der Waals surface area contributed by atoms with E-state index in [4.69, 9.17) is 16.3 Å². The molecule has 1 fully saturated rings. The fraction of sp³-hybridized carbons (Fsp3) is 0.304. The van der Waals surface area contributed by atoms with Crippen LogP contribution in [-0.4, -0.2) is 55.9 Å². The number of esters is 1. The largest absolute Gasteiger partial charge is 0.449 e. The van der Waals surface area contributed by atoms with Crippen LogP contribution in [0.15, 0.2) is 54.6 Å². The number of sulfone groups is 1. The Morgan fingerprint density at radius 1 is 1.13 bits per heavy atom. The smallest absolute Gasteiger partial charge is 0.339 e. The molecule has 2 aromatic rings. The third-order valence-corrected chi connectivity index (χ3v) is 7.22. The van der Waals surface area contributed by atoms with E-state index < -0.39 is 33.9 Å². The Hall–Kier alpha value is -2.64. The first kappa shape index (κ1) is 23.0. The number of hydrogen-bond donors (Lipinski definition) is 0. The second kappa shape index (κ2) is 9.66. The SMILES string of the molecule is C[C@H](OC(=O)/C(=C\c1ccccc1)c1ccc(Cl)cc1)C(=O)N(C)[C@H]1CCS(=O)(=O)C1. The predicted octanol–water partition coefficient (Wildman–Crippen LogP) is 3.46. The molecule has 3 rings (SSSR count). The third-order valence-electron chi connectivity index (χ3n) is 5.22. The summed E-state index contributed by atoms with van der Waals surface area (Å²) in [6.07, 6.45) is 1.01. The van der Waals surface area contributed by atoms with Gasteiger partial charge in [-0.25, -0.2) is 13.2 Å². The van der Waals surface area contributed by atoms with E-state index in [0.717, 1.165) is 5.56 Å². The molecule has 0 N–H and O–H groups in total. The molecule has 0 radical (unpaired) electrons. The minimum absolute atomic E-state index is 0.0595. The van der Waals surface area contributed by atoms with Crippen LogP contribution in [-0.2, 0) is 24.2 Å². The summed E-state index contributed by atoms with van der Waals surface area (Å²) in [6.45, 7) is 1.49. The Labute approximate surface area is 187 Å². The quantitative estimate of drug-likeness (QED) is 0.374. The molecule has 0 aliphatic carbocycles. The molecule has 0 bridgehead atoms. The van der Waals surface area contributed by atoms with E-state index in [9.17, 15) is 18.0 Å². The molecular weight excluding hydrogens is 438 g/mol. The molecule has 1 aliphatic heterocycles. The molecule has 2 aromatic carbocycles. The van der Waals surface area contributed by atoms with E-state index in [1.54, 1.807) is 30.3 Å². The van der Waals surface area contributed by atoms with Crippen LogP contribution in [0.3, 0.4) is 0 Å². The minimum atomic E-state index is -3.13. The Balaban J connectivity index is 1.79. The van der Waals surface area contributed by atoms with Gasteiger partial charge in [0.2, 0.25) is 0 Å². The van der Waals surface area contributed by atoms with Crippen LogP contribution < -0.4 is 0 Å². The molecule has 6 nitrogen and oxygen atoms in total. The van der Waals surface area contributed by atoms with E-state index in [2.05, 4.69) is 0 Å². The van der Waals surface area contributed by atoms with Gasteiger partial charge in [-0.2, -0.15) is 0 Å². The van der Waals surface area contributed by atoms with E-state index in [0.29, 0.717) is 17.0 Å². The van der Waals surface area contributed by atoms with Crippen LogP contribution in [0.5, 0.6) is 0 Å². The summed E-state index contributed by atoms with van der Waals surface area (Å²) in [7, 11) is -1.59. The number of carbonyl (C=O) groups is 2. The highest BCUT2D eigenvalue weighted by Gasteiger charge is 2.35. The Morgan fingerprint density at radius 2 is 1.77 bits per heavy atom. The van der Waals surface area contributed by atoms with Crippen LogP contribution >= 0.6 is 11.6 Å². The number of rotatable bonds is 6. The van der Waals surface area contributed by atoms with Gasteiger partial charge in [-0.3, -0.25) is 4.79 Å². The maximum absolute atomic E-state index is 13.0. The number of hydrogen-bond acceptors (Lipinski definition) is 5. The summed E-state index contributed by atoms with van der Waals surface area (Å²) in [6, 6.07) is 15.6. The topological polar surface area (TPSA) is 80.8 Å². The molecule has 0 unspecified atom stereocenters. The lowest BCUT2D eigenvalue weighted by Gasteiger charge is -2.26. The molecule has 1 heterocycles. The first-order chi connectivity index (χ1) is 14.7. The summed E-state index contributed by atoms with van der Waals surface area (Å²) in [4.78, 5) is 27.1. The maximum Gasteiger partial charge on any atom is 0.339 e. The lowest BCUT2D eigenvalue weighted by Crippen LogP contribution is -2.44. The first-order valence-electron chi connectivity index (χ1n) is 9.87. The summed E-state index contributed by atoms with van der Waals surface area (Å²) in [5, 5.41) is 0.535. The van der Waals surface area contributed by atoms with Crippen LogP contribution in [0.4, 0.5) is 0 Å². The Morgan fingerprint density at radius 3 is 2.35 bits per heavy atom. The van der Waals surface area contributed by atoms with Gasteiger partial charge in [0.05, 0.1) is 17.1 Å².